The average Bonchev–Trinajstić information content (AvgIpc) is 3.27. The zero-order chi connectivity index (χ0) is 24.6. The van der Waals surface area contributed by atoms with Gasteiger partial charge in [-0.05, 0) is 24.3 Å². The summed E-state index contributed by atoms with van der Waals surface area (Å²) in [7, 11) is 0. The molecule has 8 nitrogen and oxygen atoms in total. The Balaban J connectivity index is 0.000000383. The van der Waals surface area contributed by atoms with Crippen molar-refractivity contribution in [2.75, 3.05) is 18.4 Å². The van der Waals surface area contributed by atoms with E-state index >= 15 is 4.39 Å². The van der Waals surface area contributed by atoms with Gasteiger partial charge in [0.05, 0.1) is 24.1 Å². The van der Waals surface area contributed by atoms with Gasteiger partial charge in [0.15, 0.2) is 17.6 Å². The molecule has 4 rings (SSSR count). The van der Waals surface area contributed by atoms with Crippen LogP contribution in [0.4, 0.5) is 32.0 Å². The number of carbonyl (C=O) groups excluding carboxylic acids is 1. The number of nitrogens with zero attached hydrogens (tertiary/aromatic N) is 2. The van der Waals surface area contributed by atoms with Gasteiger partial charge in [0.1, 0.15) is 17.5 Å². The fourth-order valence-corrected chi connectivity index (χ4v) is 3.34. The molecule has 0 aliphatic carbocycles. The fraction of sp³-hybridized carbons (Fsp3) is 0.316. The van der Waals surface area contributed by atoms with E-state index in [0.717, 1.165) is 12.1 Å². The lowest BCUT2D eigenvalue weighted by Gasteiger charge is -2.44. The number of hydrogen-bond acceptors (Lipinski definition) is 6. The van der Waals surface area contributed by atoms with Gasteiger partial charge in [-0.25, -0.2) is 23.0 Å². The van der Waals surface area contributed by atoms with Crippen molar-refractivity contribution in [1.29, 1.82) is 0 Å². The number of halogens is 6. The number of aliphatic imine (C=N–C) groups is 1. The molecule has 0 unspecified atom stereocenters. The Bertz CT molecular complexity index is 1090. The summed E-state index contributed by atoms with van der Waals surface area (Å²) in [5.41, 5.74) is 3.82. The average molecular weight is 478 g/mol. The molecular formula is C19H16F6N4O4. The lowest BCUT2D eigenvalue weighted by molar-refractivity contribution is -0.192. The van der Waals surface area contributed by atoms with Crippen molar-refractivity contribution in [3.63, 3.8) is 0 Å². The Kier molecular flexibility index (Phi) is 6.29. The van der Waals surface area contributed by atoms with E-state index in [0.29, 0.717) is 0 Å². The predicted octanol–water partition coefficient (Wildman–Crippen LogP) is 2.90. The SMILES string of the molecule is NC1=N[C@@]2(CCN(C(=O)c3ccco3)C[C@@H]2F)Nc2c(F)ccc(F)c21.O=C(O)C(F)(F)F. The third-order valence-electron chi connectivity index (χ3n) is 4.94. The maximum Gasteiger partial charge on any atom is 0.490 e. The summed E-state index contributed by atoms with van der Waals surface area (Å²) < 4.78 is 79.9. The minimum absolute atomic E-state index is 0.0384. The van der Waals surface area contributed by atoms with Gasteiger partial charge < -0.3 is 25.5 Å². The van der Waals surface area contributed by atoms with E-state index in [4.69, 9.17) is 20.1 Å². The topological polar surface area (TPSA) is 121 Å². The van der Waals surface area contributed by atoms with Crippen LogP contribution < -0.4 is 11.1 Å². The lowest BCUT2D eigenvalue weighted by Crippen LogP contribution is -2.60. The Morgan fingerprint density at radius 2 is 1.88 bits per heavy atom. The number of carboxylic acids is 1. The number of amides is 1. The third kappa shape index (κ3) is 4.73. The van der Waals surface area contributed by atoms with Crippen LogP contribution in [0.5, 0.6) is 0 Å². The molecule has 4 N–H and O–H groups in total. The molecule has 0 saturated carbocycles. The molecule has 2 aliphatic heterocycles. The molecule has 33 heavy (non-hydrogen) atoms. The monoisotopic (exact) mass is 478 g/mol. The molecule has 2 aliphatic rings. The van der Waals surface area contributed by atoms with Crippen LogP contribution in [0.15, 0.2) is 39.9 Å². The van der Waals surface area contributed by atoms with Crippen LogP contribution in [-0.4, -0.2) is 58.8 Å². The van der Waals surface area contributed by atoms with E-state index in [1.165, 1.54) is 17.2 Å². The molecule has 1 spiro atoms. The maximum absolute atomic E-state index is 15.0. The molecule has 1 fully saturated rings. The van der Waals surface area contributed by atoms with Gasteiger partial charge in [0.25, 0.3) is 5.91 Å². The molecule has 14 heteroatoms. The quantitative estimate of drug-likeness (QED) is 0.542. The first-order valence-electron chi connectivity index (χ1n) is 9.24. The summed E-state index contributed by atoms with van der Waals surface area (Å²) in [5, 5.41) is 9.80. The Labute approximate surface area is 181 Å². The van der Waals surface area contributed by atoms with Crippen LogP contribution in [0.1, 0.15) is 22.5 Å². The number of nitrogens with two attached hydrogens (primary N) is 1. The highest BCUT2D eigenvalue weighted by molar-refractivity contribution is 6.04. The second-order valence-corrected chi connectivity index (χ2v) is 7.07. The summed E-state index contributed by atoms with van der Waals surface area (Å²) in [6, 6.07) is 4.93. The molecule has 1 saturated heterocycles. The van der Waals surface area contributed by atoms with Gasteiger partial charge in [-0.2, -0.15) is 13.2 Å². The molecule has 1 aromatic heterocycles. The van der Waals surface area contributed by atoms with Crippen molar-refractivity contribution in [3.05, 3.63) is 53.5 Å². The van der Waals surface area contributed by atoms with Crippen LogP contribution in [0, 0.1) is 11.6 Å². The van der Waals surface area contributed by atoms with Crippen molar-refractivity contribution in [2.24, 2.45) is 10.7 Å². The molecule has 1 amide bonds. The van der Waals surface area contributed by atoms with Gasteiger partial charge in [0, 0.05) is 13.0 Å². The minimum atomic E-state index is -5.08. The number of aliphatic carboxylic acids is 1. The van der Waals surface area contributed by atoms with E-state index < -0.39 is 41.5 Å². The summed E-state index contributed by atoms with van der Waals surface area (Å²) >= 11 is 0. The van der Waals surface area contributed by atoms with E-state index in [1.54, 1.807) is 6.07 Å². The number of hydrogen-bond donors (Lipinski definition) is 3. The van der Waals surface area contributed by atoms with E-state index in [1.807, 2.05) is 0 Å². The number of alkyl halides is 4. The van der Waals surface area contributed by atoms with E-state index in [2.05, 4.69) is 10.3 Å². The second kappa shape index (κ2) is 8.67. The van der Waals surface area contributed by atoms with E-state index in [-0.39, 0.29) is 42.4 Å². The van der Waals surface area contributed by atoms with Gasteiger partial charge in [0.2, 0.25) is 0 Å². The molecular weight excluding hydrogens is 462 g/mol. The van der Waals surface area contributed by atoms with Crippen LogP contribution >= 0.6 is 0 Å². The summed E-state index contributed by atoms with van der Waals surface area (Å²) in [5.74, 6) is -4.87. The van der Waals surface area contributed by atoms with Gasteiger partial charge >= 0.3 is 12.1 Å². The molecule has 3 heterocycles. The number of amidine groups is 1. The highest BCUT2D eigenvalue weighted by atomic mass is 19.4. The third-order valence-corrected chi connectivity index (χ3v) is 4.94. The predicted molar refractivity (Wildman–Crippen MR) is 101 cm³/mol. The normalized spacial score (nSPS) is 21.9. The molecule has 178 valence electrons. The number of furan rings is 1. The first kappa shape index (κ1) is 23.9. The highest BCUT2D eigenvalue weighted by Gasteiger charge is 2.48. The number of fused-ring (bicyclic) bond motifs is 1. The van der Waals surface area contributed by atoms with Gasteiger partial charge in [-0.1, -0.05) is 0 Å². The standard InChI is InChI=1S/C17H15F3N4O2.C2HF3O2/c18-9-3-4-10(19)14-13(9)15(21)23-17(22-14)5-6-24(8-12(17)20)16(25)11-2-1-7-26-11;3-2(4,5)1(6)7/h1-4,7,12,22H,5-6,8H2,(H2,21,23);(H,6,7)/t12-,17+;/m0./s1. The molecule has 1 aromatic carbocycles. The maximum atomic E-state index is 15.0. The van der Waals surface area contributed by atoms with Crippen molar-refractivity contribution < 1.29 is 45.5 Å². The number of rotatable bonds is 1. The smallest absolute Gasteiger partial charge is 0.475 e. The largest absolute Gasteiger partial charge is 0.490 e. The summed E-state index contributed by atoms with van der Waals surface area (Å²) in [6.07, 6.45) is -5.37. The van der Waals surface area contributed by atoms with Gasteiger partial charge in [-0.3, -0.25) is 4.79 Å². The summed E-state index contributed by atoms with van der Waals surface area (Å²) in [6.45, 7) is -0.133. The summed E-state index contributed by atoms with van der Waals surface area (Å²) in [4.78, 5) is 26.6. The highest BCUT2D eigenvalue weighted by Crippen LogP contribution is 2.38. The van der Waals surface area contributed by atoms with Crippen LogP contribution in [0.2, 0.25) is 0 Å². The number of likely N-dealkylation sites (tertiary alicyclic amines) is 1. The van der Waals surface area contributed by atoms with E-state index in [9.17, 15) is 26.7 Å². The van der Waals surface area contributed by atoms with Crippen LogP contribution in [-0.2, 0) is 4.79 Å². The minimum Gasteiger partial charge on any atom is -0.475 e. The van der Waals surface area contributed by atoms with Crippen LogP contribution in [0.3, 0.4) is 0 Å². The van der Waals surface area contributed by atoms with Crippen molar-refractivity contribution >= 4 is 23.4 Å². The fourth-order valence-electron chi connectivity index (χ4n) is 3.34. The lowest BCUT2D eigenvalue weighted by atomic mass is 9.91. The number of carbonyl (C=O) groups is 2. The van der Waals surface area contributed by atoms with Crippen molar-refractivity contribution in [3.8, 4) is 0 Å². The molecule has 0 radical (unpaired) electrons. The number of anilines is 1. The Morgan fingerprint density at radius 3 is 2.42 bits per heavy atom. The Hall–Kier alpha value is -3.71. The van der Waals surface area contributed by atoms with Crippen molar-refractivity contribution in [1.82, 2.24) is 4.90 Å². The zero-order valence-corrected chi connectivity index (χ0v) is 16.5. The molecule has 2 atom stereocenters. The number of carboxylic acid groups (broad SMARTS) is 1. The van der Waals surface area contributed by atoms with Gasteiger partial charge in [-0.15, -0.1) is 0 Å². The number of nitrogens with one attached hydrogen (secondary N) is 1. The second-order valence-electron chi connectivity index (χ2n) is 7.07. The van der Waals surface area contributed by atoms with Crippen molar-refractivity contribution in [2.45, 2.75) is 24.4 Å². The number of piperidine rings is 1. The molecule has 2 aromatic rings. The first-order chi connectivity index (χ1) is 15.4. The molecule has 0 bridgehead atoms. The first-order valence-corrected chi connectivity index (χ1v) is 9.24. The van der Waals surface area contributed by atoms with Crippen LogP contribution in [0.25, 0.3) is 0 Å². The Morgan fingerprint density at radius 1 is 1.24 bits per heavy atom. The number of benzene rings is 1. The zero-order valence-electron chi connectivity index (χ0n) is 16.5.